The molecule has 20 heavy (non-hydrogen) atoms. The monoisotopic (exact) mass is 494 g/mol. The summed E-state index contributed by atoms with van der Waals surface area (Å²) in [4.78, 5) is 21.9. The van der Waals surface area contributed by atoms with Crippen molar-refractivity contribution in [3.63, 3.8) is 0 Å². The van der Waals surface area contributed by atoms with E-state index in [1.54, 1.807) is 24.3 Å². The summed E-state index contributed by atoms with van der Waals surface area (Å²) in [5, 5.41) is 18.0. The molecular weight excluding hydrogens is 486 g/mol. The van der Waals surface area contributed by atoms with Crippen LogP contribution in [0.25, 0.3) is 11.1 Å². The number of hydrogen-bond donors (Lipinski definition) is 2. The Morgan fingerprint density at radius 1 is 0.800 bits per heavy atom. The maximum atomic E-state index is 11.1. The molecule has 0 spiro atoms. The first kappa shape index (κ1) is 15.2. The van der Waals surface area contributed by atoms with Gasteiger partial charge >= 0.3 is 11.9 Å². The second kappa shape index (κ2) is 6.08. The molecule has 2 aromatic rings. The number of rotatable bonds is 3. The van der Waals surface area contributed by atoms with Crippen LogP contribution in [0.4, 0.5) is 0 Å². The van der Waals surface area contributed by atoms with E-state index in [0.717, 1.165) is 14.7 Å². The molecule has 0 amide bonds. The van der Waals surface area contributed by atoms with Crippen molar-refractivity contribution in [1.82, 2.24) is 0 Å². The number of hydrogen-bond acceptors (Lipinski definition) is 2. The molecule has 0 aromatic heterocycles. The van der Waals surface area contributed by atoms with Gasteiger partial charge in [0, 0.05) is 7.14 Å². The quantitative estimate of drug-likeness (QED) is 0.635. The van der Waals surface area contributed by atoms with E-state index >= 15 is 0 Å². The Hall–Kier alpha value is -1.16. The molecule has 0 radical (unpaired) electrons. The Morgan fingerprint density at radius 3 is 1.90 bits per heavy atom. The van der Waals surface area contributed by atoms with Crippen LogP contribution in [0.1, 0.15) is 20.7 Å². The molecule has 0 fully saturated rings. The zero-order chi connectivity index (χ0) is 14.9. The molecule has 2 N–H and O–H groups in total. The first-order valence-electron chi connectivity index (χ1n) is 5.47. The highest BCUT2D eigenvalue weighted by Gasteiger charge is 2.15. The summed E-state index contributed by atoms with van der Waals surface area (Å²) in [6.07, 6.45) is 0. The normalized spacial score (nSPS) is 10.3. The van der Waals surface area contributed by atoms with Crippen LogP contribution >= 0.6 is 45.2 Å². The minimum atomic E-state index is -0.970. The van der Waals surface area contributed by atoms with Crippen molar-refractivity contribution < 1.29 is 19.8 Å². The van der Waals surface area contributed by atoms with Crippen molar-refractivity contribution in [2.24, 2.45) is 0 Å². The van der Waals surface area contributed by atoms with Gasteiger partial charge < -0.3 is 10.2 Å². The van der Waals surface area contributed by atoms with Crippen molar-refractivity contribution in [3.8, 4) is 11.1 Å². The highest BCUT2D eigenvalue weighted by Crippen LogP contribution is 2.31. The van der Waals surface area contributed by atoms with Gasteiger partial charge in [-0.05, 0) is 74.5 Å². The SMILES string of the molecule is O=C(O)c1ccc(-c2ccc(C(=O)O)c(I)c2I)cc1. The number of aromatic carboxylic acids is 2. The van der Waals surface area contributed by atoms with Gasteiger partial charge in [-0.1, -0.05) is 18.2 Å². The van der Waals surface area contributed by atoms with E-state index < -0.39 is 11.9 Å². The van der Waals surface area contributed by atoms with E-state index in [1.807, 2.05) is 22.6 Å². The van der Waals surface area contributed by atoms with Crippen molar-refractivity contribution >= 4 is 57.1 Å². The van der Waals surface area contributed by atoms with Gasteiger partial charge in [0.15, 0.2) is 0 Å². The number of carboxylic acid groups (broad SMARTS) is 2. The number of benzene rings is 2. The van der Waals surface area contributed by atoms with E-state index in [-0.39, 0.29) is 11.1 Å². The predicted octanol–water partition coefficient (Wildman–Crippen LogP) is 3.96. The van der Waals surface area contributed by atoms with Crippen molar-refractivity contribution in [2.45, 2.75) is 0 Å². The Bertz CT molecular complexity index is 693. The summed E-state index contributed by atoms with van der Waals surface area (Å²) in [6, 6.07) is 9.81. The summed E-state index contributed by atoms with van der Waals surface area (Å²) in [6.45, 7) is 0. The van der Waals surface area contributed by atoms with Crippen LogP contribution < -0.4 is 0 Å². The average Bonchev–Trinajstić information content (AvgIpc) is 2.41. The first-order valence-corrected chi connectivity index (χ1v) is 7.62. The van der Waals surface area contributed by atoms with Gasteiger partial charge in [0.1, 0.15) is 0 Å². The summed E-state index contributed by atoms with van der Waals surface area (Å²) >= 11 is 4.11. The summed E-state index contributed by atoms with van der Waals surface area (Å²) in [5.74, 6) is -1.93. The fourth-order valence-electron chi connectivity index (χ4n) is 1.73. The summed E-state index contributed by atoms with van der Waals surface area (Å²) in [5.41, 5.74) is 2.23. The highest BCUT2D eigenvalue weighted by molar-refractivity contribution is 14.1. The molecule has 4 nitrogen and oxygen atoms in total. The van der Waals surface area contributed by atoms with Gasteiger partial charge in [-0.2, -0.15) is 0 Å². The van der Waals surface area contributed by atoms with E-state index in [0.29, 0.717) is 3.57 Å². The molecule has 0 saturated heterocycles. The first-order chi connectivity index (χ1) is 9.41. The summed E-state index contributed by atoms with van der Waals surface area (Å²) < 4.78 is 1.52. The fourth-order valence-corrected chi connectivity index (χ4v) is 3.21. The molecule has 0 aliphatic carbocycles. The lowest BCUT2D eigenvalue weighted by atomic mass is 10.0. The van der Waals surface area contributed by atoms with Crippen LogP contribution in [0.3, 0.4) is 0 Å². The average molecular weight is 494 g/mol. The molecule has 0 bridgehead atoms. The Balaban J connectivity index is 2.51. The van der Waals surface area contributed by atoms with Crippen LogP contribution in [0.2, 0.25) is 0 Å². The van der Waals surface area contributed by atoms with Gasteiger partial charge in [-0.3, -0.25) is 0 Å². The van der Waals surface area contributed by atoms with Crippen LogP contribution in [-0.4, -0.2) is 22.2 Å². The maximum absolute atomic E-state index is 11.1. The minimum absolute atomic E-state index is 0.223. The van der Waals surface area contributed by atoms with Crippen molar-refractivity contribution in [3.05, 3.63) is 54.7 Å². The molecular formula is C14H8I2O4. The van der Waals surface area contributed by atoms with E-state index in [9.17, 15) is 9.59 Å². The van der Waals surface area contributed by atoms with Crippen LogP contribution in [0.15, 0.2) is 36.4 Å². The molecule has 0 unspecified atom stereocenters. The largest absolute Gasteiger partial charge is 0.478 e. The summed E-state index contributed by atoms with van der Waals surface area (Å²) in [7, 11) is 0. The lowest BCUT2D eigenvalue weighted by Gasteiger charge is -2.09. The van der Waals surface area contributed by atoms with E-state index in [2.05, 4.69) is 22.6 Å². The molecule has 2 rings (SSSR count). The van der Waals surface area contributed by atoms with Gasteiger partial charge in [-0.15, -0.1) is 0 Å². The van der Waals surface area contributed by atoms with E-state index in [4.69, 9.17) is 10.2 Å². The molecule has 2 aromatic carbocycles. The number of carbonyl (C=O) groups is 2. The second-order valence-corrected chi connectivity index (χ2v) is 6.13. The molecule has 0 heterocycles. The lowest BCUT2D eigenvalue weighted by Crippen LogP contribution is -2.02. The second-order valence-electron chi connectivity index (χ2n) is 3.98. The molecule has 6 heteroatoms. The van der Waals surface area contributed by atoms with Gasteiger partial charge in [-0.25, -0.2) is 9.59 Å². The zero-order valence-corrected chi connectivity index (χ0v) is 14.2. The van der Waals surface area contributed by atoms with Crippen molar-refractivity contribution in [1.29, 1.82) is 0 Å². The fraction of sp³-hybridized carbons (Fsp3) is 0. The van der Waals surface area contributed by atoms with Gasteiger partial charge in [0.2, 0.25) is 0 Å². The van der Waals surface area contributed by atoms with Crippen LogP contribution in [-0.2, 0) is 0 Å². The molecule has 102 valence electrons. The predicted molar refractivity (Wildman–Crippen MR) is 91.2 cm³/mol. The van der Waals surface area contributed by atoms with E-state index in [1.165, 1.54) is 12.1 Å². The molecule has 0 aliphatic heterocycles. The Morgan fingerprint density at radius 2 is 1.40 bits per heavy atom. The molecule has 0 saturated carbocycles. The van der Waals surface area contributed by atoms with Gasteiger partial charge in [0.05, 0.1) is 11.1 Å². The van der Waals surface area contributed by atoms with Crippen molar-refractivity contribution in [2.75, 3.05) is 0 Å². The van der Waals surface area contributed by atoms with Crippen LogP contribution in [0.5, 0.6) is 0 Å². The third-order valence-electron chi connectivity index (χ3n) is 2.76. The smallest absolute Gasteiger partial charge is 0.336 e. The third-order valence-corrected chi connectivity index (χ3v) is 6.03. The molecule has 0 aliphatic rings. The van der Waals surface area contributed by atoms with Crippen LogP contribution in [0, 0.1) is 7.14 Å². The maximum Gasteiger partial charge on any atom is 0.336 e. The third kappa shape index (κ3) is 2.95. The Labute approximate surface area is 142 Å². The minimum Gasteiger partial charge on any atom is -0.478 e. The highest BCUT2D eigenvalue weighted by atomic mass is 127. The molecule has 0 atom stereocenters. The topological polar surface area (TPSA) is 74.6 Å². The number of halogens is 2. The van der Waals surface area contributed by atoms with Gasteiger partial charge in [0.25, 0.3) is 0 Å². The lowest BCUT2D eigenvalue weighted by molar-refractivity contribution is 0.0685. The zero-order valence-electron chi connectivity index (χ0n) is 9.93. The number of carboxylic acids is 2. The Kier molecular flexibility index (Phi) is 4.63. The standard InChI is InChI=1S/C14H8I2O4/c15-11-9(5-6-10(12(11)16)14(19)20)7-1-3-8(4-2-7)13(17)18/h1-6H,(H,17,18)(H,19,20).